The Balaban J connectivity index is 3.24. The Hall–Kier alpha value is -2.71. The highest BCUT2D eigenvalue weighted by Crippen LogP contribution is 2.30. The van der Waals surface area contributed by atoms with Gasteiger partial charge in [0.25, 0.3) is 5.69 Å². The molecule has 0 bridgehead atoms. The zero-order valence-electron chi connectivity index (χ0n) is 11.4. The van der Waals surface area contributed by atoms with Crippen molar-refractivity contribution in [2.24, 2.45) is 0 Å². The first kappa shape index (κ1) is 16.3. The van der Waals surface area contributed by atoms with Gasteiger partial charge in [-0.3, -0.25) is 14.9 Å². The molecule has 1 rings (SSSR count). The minimum Gasteiger partial charge on any atom is -0.478 e. The molecule has 1 aromatic carbocycles. The van der Waals surface area contributed by atoms with Crippen LogP contribution in [0.4, 0.5) is 15.8 Å². The quantitative estimate of drug-likeness (QED) is 0.598. The molecule has 1 amide bonds. The average molecular weight is 299 g/mol. The molecule has 0 saturated heterocycles. The van der Waals surface area contributed by atoms with Crippen molar-refractivity contribution in [2.45, 2.75) is 6.92 Å². The predicted octanol–water partition coefficient (Wildman–Crippen LogP) is 1.00. The number of halogens is 1. The number of rotatable bonds is 6. The highest BCUT2D eigenvalue weighted by molar-refractivity contribution is 5.91. The monoisotopic (exact) mass is 299 g/mol. The molecule has 0 heterocycles. The van der Waals surface area contributed by atoms with Gasteiger partial charge in [-0.15, -0.1) is 0 Å². The highest BCUT2D eigenvalue weighted by atomic mass is 19.1. The van der Waals surface area contributed by atoms with Gasteiger partial charge >= 0.3 is 5.97 Å². The molecule has 0 aliphatic heterocycles. The van der Waals surface area contributed by atoms with Crippen molar-refractivity contribution in [3.05, 3.63) is 33.6 Å². The van der Waals surface area contributed by atoms with Gasteiger partial charge in [0.2, 0.25) is 5.91 Å². The van der Waals surface area contributed by atoms with Crippen LogP contribution in [0.5, 0.6) is 0 Å². The van der Waals surface area contributed by atoms with Gasteiger partial charge in [0, 0.05) is 13.6 Å². The number of carboxylic acid groups (broad SMARTS) is 1. The maximum atomic E-state index is 13.5. The number of nitrogens with zero attached hydrogens (tertiary/aromatic N) is 2. The van der Waals surface area contributed by atoms with E-state index in [0.29, 0.717) is 12.6 Å². The lowest BCUT2D eigenvalue weighted by Gasteiger charge is -2.19. The predicted molar refractivity (Wildman–Crippen MR) is 72.0 cm³/mol. The number of benzene rings is 1. The van der Waals surface area contributed by atoms with E-state index in [4.69, 9.17) is 5.11 Å². The van der Waals surface area contributed by atoms with E-state index in [1.54, 1.807) is 6.92 Å². The molecule has 0 atom stereocenters. The number of anilines is 1. The Morgan fingerprint density at radius 3 is 2.57 bits per heavy atom. The minimum absolute atomic E-state index is 0.148. The zero-order chi connectivity index (χ0) is 16.2. The van der Waals surface area contributed by atoms with E-state index < -0.39 is 33.9 Å². The smallest absolute Gasteiger partial charge is 0.338 e. The van der Waals surface area contributed by atoms with Gasteiger partial charge in [0.1, 0.15) is 11.5 Å². The van der Waals surface area contributed by atoms with E-state index in [1.807, 2.05) is 0 Å². The summed E-state index contributed by atoms with van der Waals surface area (Å²) in [4.78, 5) is 33.7. The van der Waals surface area contributed by atoms with Gasteiger partial charge in [-0.05, 0) is 13.0 Å². The van der Waals surface area contributed by atoms with Crippen molar-refractivity contribution >= 4 is 23.3 Å². The summed E-state index contributed by atoms with van der Waals surface area (Å²) < 4.78 is 13.5. The van der Waals surface area contributed by atoms with Gasteiger partial charge < -0.3 is 15.3 Å². The standard InChI is InChI=1S/C12H14FN3O5/c1-3-14-11(17)6-15(2)9-4-7(12(18)19)8(13)5-10(9)16(20)21/h4-5H,3,6H2,1-2H3,(H,14,17)(H,18,19). The van der Waals surface area contributed by atoms with Gasteiger partial charge in [0.15, 0.2) is 0 Å². The molecule has 0 saturated carbocycles. The lowest BCUT2D eigenvalue weighted by atomic mass is 10.1. The first-order valence-electron chi connectivity index (χ1n) is 5.97. The van der Waals surface area contributed by atoms with E-state index in [2.05, 4.69) is 5.32 Å². The molecule has 9 heteroatoms. The first-order valence-corrected chi connectivity index (χ1v) is 5.97. The molecular formula is C12H14FN3O5. The number of carbonyl (C=O) groups excluding carboxylic acids is 1. The highest BCUT2D eigenvalue weighted by Gasteiger charge is 2.24. The molecule has 0 aliphatic carbocycles. The third kappa shape index (κ3) is 3.88. The number of nitro groups is 1. The third-order valence-electron chi connectivity index (χ3n) is 2.66. The van der Waals surface area contributed by atoms with Gasteiger partial charge in [-0.1, -0.05) is 0 Å². The average Bonchev–Trinajstić information content (AvgIpc) is 2.37. The number of aromatic carboxylic acids is 1. The maximum Gasteiger partial charge on any atom is 0.338 e. The fourth-order valence-corrected chi connectivity index (χ4v) is 1.72. The van der Waals surface area contributed by atoms with Crippen LogP contribution >= 0.6 is 0 Å². The Labute approximate surface area is 119 Å². The summed E-state index contributed by atoms with van der Waals surface area (Å²) in [7, 11) is 1.38. The normalized spacial score (nSPS) is 10.0. The molecule has 0 aliphatic rings. The Morgan fingerprint density at radius 1 is 1.48 bits per heavy atom. The van der Waals surface area contributed by atoms with Crippen LogP contribution in [0, 0.1) is 15.9 Å². The fraction of sp³-hybridized carbons (Fsp3) is 0.333. The summed E-state index contributed by atoms with van der Waals surface area (Å²) >= 11 is 0. The van der Waals surface area contributed by atoms with Crippen LogP contribution in [-0.4, -0.2) is 42.0 Å². The number of carboxylic acids is 1. The molecule has 8 nitrogen and oxygen atoms in total. The second-order valence-electron chi connectivity index (χ2n) is 4.19. The maximum absolute atomic E-state index is 13.5. The Kier molecular flexibility index (Phi) is 5.17. The molecule has 21 heavy (non-hydrogen) atoms. The molecule has 114 valence electrons. The summed E-state index contributed by atoms with van der Waals surface area (Å²) in [6.07, 6.45) is 0. The van der Waals surface area contributed by atoms with E-state index in [0.717, 1.165) is 6.07 Å². The number of nitro benzene ring substituents is 1. The van der Waals surface area contributed by atoms with Crippen molar-refractivity contribution in [2.75, 3.05) is 25.0 Å². The van der Waals surface area contributed by atoms with Crippen molar-refractivity contribution in [1.82, 2.24) is 5.32 Å². The minimum atomic E-state index is -1.55. The lowest BCUT2D eigenvalue weighted by Crippen LogP contribution is -2.35. The summed E-state index contributed by atoms with van der Waals surface area (Å²) in [5.41, 5.74) is -1.45. The zero-order valence-corrected chi connectivity index (χ0v) is 11.4. The first-order chi connectivity index (χ1) is 9.77. The van der Waals surface area contributed by atoms with Gasteiger partial charge in [-0.25, -0.2) is 9.18 Å². The molecule has 2 N–H and O–H groups in total. The van der Waals surface area contributed by atoms with Crippen LogP contribution < -0.4 is 10.2 Å². The lowest BCUT2D eigenvalue weighted by molar-refractivity contribution is -0.384. The van der Waals surface area contributed by atoms with E-state index in [-0.39, 0.29) is 12.2 Å². The van der Waals surface area contributed by atoms with Crippen molar-refractivity contribution in [3.63, 3.8) is 0 Å². The molecule has 0 unspecified atom stereocenters. The van der Waals surface area contributed by atoms with Crippen LogP contribution in [-0.2, 0) is 4.79 Å². The molecule has 1 aromatic rings. The van der Waals surface area contributed by atoms with Crippen LogP contribution in [0.2, 0.25) is 0 Å². The van der Waals surface area contributed by atoms with Gasteiger partial charge in [0.05, 0.1) is 23.1 Å². The topological polar surface area (TPSA) is 113 Å². The summed E-state index contributed by atoms with van der Waals surface area (Å²) in [5, 5.41) is 22.3. The number of hydrogen-bond acceptors (Lipinski definition) is 5. The number of likely N-dealkylation sites (N-methyl/N-ethyl adjacent to an activating group) is 2. The largest absolute Gasteiger partial charge is 0.478 e. The SMILES string of the molecule is CCNC(=O)CN(C)c1cc(C(=O)O)c(F)cc1[N+](=O)[O-]. The van der Waals surface area contributed by atoms with Crippen molar-refractivity contribution in [1.29, 1.82) is 0 Å². The van der Waals surface area contributed by atoms with E-state index >= 15 is 0 Å². The van der Waals surface area contributed by atoms with Crippen LogP contribution in [0.15, 0.2) is 12.1 Å². The molecule has 0 aromatic heterocycles. The fourth-order valence-electron chi connectivity index (χ4n) is 1.72. The number of hydrogen-bond donors (Lipinski definition) is 2. The van der Waals surface area contributed by atoms with E-state index in [9.17, 15) is 24.1 Å². The summed E-state index contributed by atoms with van der Waals surface area (Å²) in [6, 6.07) is 1.38. The summed E-state index contributed by atoms with van der Waals surface area (Å²) in [5.74, 6) is -3.14. The molecular weight excluding hydrogens is 285 g/mol. The van der Waals surface area contributed by atoms with Crippen LogP contribution in [0.25, 0.3) is 0 Å². The number of carbonyl (C=O) groups is 2. The Bertz CT molecular complexity index is 591. The van der Waals surface area contributed by atoms with E-state index in [1.165, 1.54) is 11.9 Å². The second kappa shape index (κ2) is 6.64. The van der Waals surface area contributed by atoms with Gasteiger partial charge in [-0.2, -0.15) is 0 Å². The van der Waals surface area contributed by atoms with Crippen molar-refractivity contribution in [3.8, 4) is 0 Å². The van der Waals surface area contributed by atoms with Crippen LogP contribution in [0.1, 0.15) is 17.3 Å². The second-order valence-corrected chi connectivity index (χ2v) is 4.19. The van der Waals surface area contributed by atoms with Crippen LogP contribution in [0.3, 0.4) is 0 Å². The Morgan fingerprint density at radius 2 is 2.10 bits per heavy atom. The number of nitrogens with one attached hydrogen (secondary N) is 1. The van der Waals surface area contributed by atoms with Crippen molar-refractivity contribution < 1.29 is 24.0 Å². The molecule has 0 radical (unpaired) electrons. The third-order valence-corrected chi connectivity index (χ3v) is 2.66. The number of amides is 1. The molecule has 0 fully saturated rings. The summed E-state index contributed by atoms with van der Waals surface area (Å²) in [6.45, 7) is 1.87. The molecule has 0 spiro atoms.